The van der Waals surface area contributed by atoms with Gasteiger partial charge in [-0.3, -0.25) is 9.67 Å². The number of aromatic nitrogens is 2. The number of aryl methyl sites for hydroxylation is 1. The zero-order valence-corrected chi connectivity index (χ0v) is 19.8. The van der Waals surface area contributed by atoms with Gasteiger partial charge in [-0.05, 0) is 44.2 Å². The molecule has 1 aromatic heterocycles. The van der Waals surface area contributed by atoms with E-state index in [-0.39, 0.29) is 11.6 Å². The molecule has 4 rings (SSSR count). The number of hydrogen-bond donors (Lipinski definition) is 2. The molecule has 0 amide bonds. The Morgan fingerprint density at radius 1 is 1.28 bits per heavy atom. The molecule has 0 radical (unpaired) electrons. The molecular weight excluding hydrogens is 400 g/mol. The van der Waals surface area contributed by atoms with Gasteiger partial charge in [0, 0.05) is 63.6 Å². The van der Waals surface area contributed by atoms with Crippen LogP contribution in [0.3, 0.4) is 0 Å². The fraction of sp³-hybridized carbons (Fsp3) is 0.600. The quantitative estimate of drug-likeness (QED) is 0.514. The van der Waals surface area contributed by atoms with Crippen LogP contribution in [0.5, 0.6) is 0 Å². The van der Waals surface area contributed by atoms with Crippen LogP contribution in [0.1, 0.15) is 56.2 Å². The third kappa shape index (κ3) is 5.51. The molecule has 2 unspecified atom stereocenters. The molecular formula is C25H38N6O. The van der Waals surface area contributed by atoms with Crippen molar-refractivity contribution in [2.45, 2.75) is 50.6 Å². The lowest BCUT2D eigenvalue weighted by Gasteiger charge is -2.40. The molecule has 7 nitrogen and oxygen atoms in total. The molecule has 3 heterocycles. The molecule has 2 fully saturated rings. The first-order valence-electron chi connectivity index (χ1n) is 12.0. The van der Waals surface area contributed by atoms with E-state index in [1.807, 2.05) is 17.9 Å². The van der Waals surface area contributed by atoms with Crippen molar-refractivity contribution in [3.05, 3.63) is 53.9 Å². The van der Waals surface area contributed by atoms with Gasteiger partial charge in [-0.2, -0.15) is 5.10 Å². The summed E-state index contributed by atoms with van der Waals surface area (Å²) in [6.07, 6.45) is 7.24. The predicted octanol–water partition coefficient (Wildman–Crippen LogP) is 3.07. The number of ether oxygens (including phenoxy) is 1. The van der Waals surface area contributed by atoms with E-state index in [4.69, 9.17) is 9.73 Å². The second-order valence-electron chi connectivity index (χ2n) is 9.22. The molecule has 0 saturated carbocycles. The largest absolute Gasteiger partial charge is 0.381 e. The molecule has 7 heteroatoms. The minimum absolute atomic E-state index is 0.0450. The molecule has 174 valence electrons. The van der Waals surface area contributed by atoms with Gasteiger partial charge in [0.1, 0.15) is 0 Å². The monoisotopic (exact) mass is 438 g/mol. The van der Waals surface area contributed by atoms with Crippen molar-refractivity contribution in [2.24, 2.45) is 12.0 Å². The van der Waals surface area contributed by atoms with E-state index >= 15 is 0 Å². The highest BCUT2D eigenvalue weighted by molar-refractivity contribution is 5.80. The van der Waals surface area contributed by atoms with E-state index in [9.17, 15) is 0 Å². The minimum atomic E-state index is -0.0450. The highest BCUT2D eigenvalue weighted by Gasteiger charge is 2.35. The molecule has 1 aromatic carbocycles. The lowest BCUT2D eigenvalue weighted by Crippen LogP contribution is -2.53. The van der Waals surface area contributed by atoms with Gasteiger partial charge in [-0.15, -0.1) is 0 Å². The lowest BCUT2D eigenvalue weighted by molar-refractivity contribution is 0.0373. The standard InChI is InChI=1S/C25H38N6O/c1-4-26-24(31-13-10-22(18-31)23-16-28-30(3)17-23)27-19-25(11-14-32-15-12-25)29-20(2)21-8-6-5-7-9-21/h5-9,16-17,20,22,29H,4,10-15,18-19H2,1-3H3,(H,26,27). The Bertz CT molecular complexity index is 874. The topological polar surface area (TPSA) is 66.7 Å². The summed E-state index contributed by atoms with van der Waals surface area (Å²) in [4.78, 5) is 7.58. The summed E-state index contributed by atoms with van der Waals surface area (Å²) in [5.74, 6) is 1.54. The van der Waals surface area contributed by atoms with E-state index in [0.29, 0.717) is 5.92 Å². The molecule has 2 aliphatic heterocycles. The number of nitrogens with zero attached hydrogens (tertiary/aromatic N) is 4. The third-order valence-corrected chi connectivity index (χ3v) is 6.82. The Balaban J connectivity index is 1.46. The van der Waals surface area contributed by atoms with E-state index in [1.54, 1.807) is 0 Å². The molecule has 2 aliphatic rings. The SMILES string of the molecule is CCNC(=NCC1(NC(C)c2ccccc2)CCOCC1)N1CCC(c2cnn(C)c2)C1. The van der Waals surface area contributed by atoms with Gasteiger partial charge in [-0.1, -0.05) is 30.3 Å². The van der Waals surface area contributed by atoms with Crippen LogP contribution in [-0.4, -0.2) is 65.6 Å². The second kappa shape index (κ2) is 10.5. The number of hydrogen-bond acceptors (Lipinski definition) is 4. The highest BCUT2D eigenvalue weighted by atomic mass is 16.5. The molecule has 2 N–H and O–H groups in total. The maximum absolute atomic E-state index is 5.71. The Morgan fingerprint density at radius 2 is 2.06 bits per heavy atom. The Kier molecular flexibility index (Phi) is 7.48. The second-order valence-corrected chi connectivity index (χ2v) is 9.22. The van der Waals surface area contributed by atoms with Crippen molar-refractivity contribution in [1.82, 2.24) is 25.3 Å². The van der Waals surface area contributed by atoms with Gasteiger partial charge < -0.3 is 20.3 Å². The predicted molar refractivity (Wildman–Crippen MR) is 129 cm³/mol. The fourth-order valence-electron chi connectivity index (χ4n) is 4.92. The molecule has 2 aromatic rings. The molecule has 2 atom stereocenters. The summed E-state index contributed by atoms with van der Waals surface area (Å²) >= 11 is 0. The average Bonchev–Trinajstić information content (AvgIpc) is 3.47. The normalized spacial score (nSPS) is 22.2. The Hall–Kier alpha value is -2.38. The van der Waals surface area contributed by atoms with Gasteiger partial charge in [0.25, 0.3) is 0 Å². The maximum atomic E-state index is 5.71. The average molecular weight is 439 g/mol. The molecule has 0 bridgehead atoms. The van der Waals surface area contributed by atoms with E-state index < -0.39 is 0 Å². The van der Waals surface area contributed by atoms with Crippen LogP contribution in [0.2, 0.25) is 0 Å². The Labute approximate surface area is 192 Å². The summed E-state index contributed by atoms with van der Waals surface area (Å²) in [6, 6.07) is 11.0. The van der Waals surface area contributed by atoms with Crippen molar-refractivity contribution in [3.8, 4) is 0 Å². The summed E-state index contributed by atoms with van der Waals surface area (Å²) in [6.45, 7) is 9.60. The third-order valence-electron chi connectivity index (χ3n) is 6.82. The minimum Gasteiger partial charge on any atom is -0.381 e. The number of aliphatic imine (C=N–C) groups is 1. The first-order chi connectivity index (χ1) is 15.6. The van der Waals surface area contributed by atoms with Crippen LogP contribution in [-0.2, 0) is 11.8 Å². The zero-order chi connectivity index (χ0) is 22.4. The number of likely N-dealkylation sites (tertiary alicyclic amines) is 1. The lowest BCUT2D eigenvalue weighted by atomic mass is 9.88. The Morgan fingerprint density at radius 3 is 2.75 bits per heavy atom. The summed E-state index contributed by atoms with van der Waals surface area (Å²) in [7, 11) is 1.98. The van der Waals surface area contributed by atoms with Crippen LogP contribution in [0, 0.1) is 0 Å². The van der Waals surface area contributed by atoms with Crippen LogP contribution in [0.25, 0.3) is 0 Å². The summed E-state index contributed by atoms with van der Waals surface area (Å²) in [5, 5.41) is 11.8. The molecule has 32 heavy (non-hydrogen) atoms. The fourth-order valence-corrected chi connectivity index (χ4v) is 4.92. The zero-order valence-electron chi connectivity index (χ0n) is 19.8. The molecule has 2 saturated heterocycles. The van der Waals surface area contributed by atoms with Crippen molar-refractivity contribution >= 4 is 5.96 Å². The molecule has 0 aliphatic carbocycles. The van der Waals surface area contributed by atoms with Crippen molar-refractivity contribution in [2.75, 3.05) is 39.4 Å². The summed E-state index contributed by atoms with van der Waals surface area (Å²) in [5.41, 5.74) is 2.59. The van der Waals surface area contributed by atoms with Crippen LogP contribution in [0.15, 0.2) is 47.7 Å². The summed E-state index contributed by atoms with van der Waals surface area (Å²) < 4.78 is 7.60. The van der Waals surface area contributed by atoms with Gasteiger partial charge in [-0.25, -0.2) is 0 Å². The van der Waals surface area contributed by atoms with Gasteiger partial charge in [0.05, 0.1) is 12.7 Å². The van der Waals surface area contributed by atoms with Gasteiger partial charge in [0.2, 0.25) is 0 Å². The number of rotatable bonds is 7. The number of nitrogens with one attached hydrogen (secondary N) is 2. The van der Waals surface area contributed by atoms with Crippen molar-refractivity contribution in [1.29, 1.82) is 0 Å². The smallest absolute Gasteiger partial charge is 0.194 e. The van der Waals surface area contributed by atoms with Gasteiger partial charge >= 0.3 is 0 Å². The highest BCUT2D eigenvalue weighted by Crippen LogP contribution is 2.28. The first-order valence-corrected chi connectivity index (χ1v) is 12.0. The number of guanidine groups is 1. The van der Waals surface area contributed by atoms with E-state index in [2.05, 4.69) is 71.0 Å². The molecule has 0 spiro atoms. The first kappa shape index (κ1) is 22.8. The van der Waals surface area contributed by atoms with Crippen LogP contribution < -0.4 is 10.6 Å². The van der Waals surface area contributed by atoms with E-state index in [1.165, 1.54) is 11.1 Å². The van der Waals surface area contributed by atoms with Crippen molar-refractivity contribution < 1.29 is 4.74 Å². The maximum Gasteiger partial charge on any atom is 0.194 e. The number of benzene rings is 1. The van der Waals surface area contributed by atoms with Crippen LogP contribution >= 0.6 is 0 Å². The van der Waals surface area contributed by atoms with Crippen molar-refractivity contribution in [3.63, 3.8) is 0 Å². The van der Waals surface area contributed by atoms with E-state index in [0.717, 1.165) is 64.6 Å². The van der Waals surface area contributed by atoms with Gasteiger partial charge in [0.15, 0.2) is 5.96 Å². The van der Waals surface area contributed by atoms with Crippen LogP contribution in [0.4, 0.5) is 0 Å².